The van der Waals surface area contributed by atoms with Crippen molar-refractivity contribution in [1.29, 1.82) is 0 Å². The van der Waals surface area contributed by atoms with Gasteiger partial charge in [0.25, 0.3) is 0 Å². The Kier molecular flexibility index (Phi) is 3.44. The summed E-state index contributed by atoms with van der Waals surface area (Å²) in [5.41, 5.74) is 1.41. The van der Waals surface area contributed by atoms with Crippen LogP contribution in [0.1, 0.15) is 6.42 Å². The zero-order chi connectivity index (χ0) is 10.8. The summed E-state index contributed by atoms with van der Waals surface area (Å²) in [6, 6.07) is 0.648. The lowest BCUT2D eigenvalue weighted by Gasteiger charge is -2.42. The van der Waals surface area contributed by atoms with Crippen molar-refractivity contribution >= 4 is 0 Å². The Morgan fingerprint density at radius 1 is 1.00 bits per heavy atom. The lowest BCUT2D eigenvalue weighted by atomic mass is 9.98. The molecule has 2 aliphatic heterocycles. The number of nitrogens with zero attached hydrogens (tertiary/aromatic N) is 3. The number of hydrogen-bond acceptors (Lipinski definition) is 3. The summed E-state index contributed by atoms with van der Waals surface area (Å²) in [6.45, 7) is 11.4. The fourth-order valence-corrected chi connectivity index (χ4v) is 2.65. The van der Waals surface area contributed by atoms with Crippen LogP contribution in [0.25, 0.3) is 0 Å². The van der Waals surface area contributed by atoms with Crippen LogP contribution in [0.4, 0.5) is 0 Å². The van der Waals surface area contributed by atoms with Crippen LogP contribution in [-0.2, 0) is 0 Å². The first-order chi connectivity index (χ1) is 7.16. The van der Waals surface area contributed by atoms with Crippen LogP contribution in [-0.4, -0.2) is 74.1 Å². The molecule has 15 heavy (non-hydrogen) atoms. The highest BCUT2D eigenvalue weighted by Crippen LogP contribution is 2.20. The first-order valence-electron chi connectivity index (χ1n) is 5.95. The number of likely N-dealkylation sites (tertiary alicyclic amines) is 1. The fourth-order valence-electron chi connectivity index (χ4n) is 2.65. The smallest absolute Gasteiger partial charge is 0.0330 e. The summed E-state index contributed by atoms with van der Waals surface area (Å²) >= 11 is 0. The van der Waals surface area contributed by atoms with Crippen LogP contribution in [0.3, 0.4) is 0 Å². The van der Waals surface area contributed by atoms with Gasteiger partial charge in [0.15, 0.2) is 0 Å². The molecule has 86 valence electrons. The minimum absolute atomic E-state index is 0.648. The van der Waals surface area contributed by atoms with Gasteiger partial charge in [0, 0.05) is 38.8 Å². The highest BCUT2D eigenvalue weighted by atomic mass is 15.3. The van der Waals surface area contributed by atoms with Crippen LogP contribution in [0.2, 0.25) is 0 Å². The molecule has 0 radical (unpaired) electrons. The average Bonchev–Trinajstić information content (AvgIpc) is 2.20. The Morgan fingerprint density at radius 2 is 1.67 bits per heavy atom. The fraction of sp³-hybridized carbons (Fsp3) is 0.833. The van der Waals surface area contributed by atoms with Gasteiger partial charge in [0.1, 0.15) is 0 Å². The maximum Gasteiger partial charge on any atom is 0.0330 e. The monoisotopic (exact) mass is 209 g/mol. The summed E-state index contributed by atoms with van der Waals surface area (Å²) in [4.78, 5) is 7.40. The molecule has 0 aromatic heterocycles. The SMILES string of the molecule is C=C1CN(C)CCC1N1CCN(C)CC1. The topological polar surface area (TPSA) is 9.72 Å². The molecular weight excluding hydrogens is 186 g/mol. The van der Waals surface area contributed by atoms with Gasteiger partial charge in [-0.05, 0) is 32.6 Å². The first-order valence-corrected chi connectivity index (χ1v) is 5.95. The second kappa shape index (κ2) is 4.64. The largest absolute Gasteiger partial charge is 0.304 e. The Hall–Kier alpha value is -0.380. The molecule has 3 heteroatoms. The molecule has 2 saturated heterocycles. The molecule has 2 heterocycles. The summed E-state index contributed by atoms with van der Waals surface area (Å²) in [6.07, 6.45) is 1.26. The van der Waals surface area contributed by atoms with E-state index in [-0.39, 0.29) is 0 Å². The van der Waals surface area contributed by atoms with Crippen LogP contribution >= 0.6 is 0 Å². The summed E-state index contributed by atoms with van der Waals surface area (Å²) in [5, 5.41) is 0. The van der Waals surface area contributed by atoms with Gasteiger partial charge in [-0.25, -0.2) is 0 Å². The zero-order valence-electron chi connectivity index (χ0n) is 10.1. The predicted octanol–water partition coefficient (Wildman–Crippen LogP) is 0.494. The minimum Gasteiger partial charge on any atom is -0.304 e. The molecule has 3 nitrogen and oxygen atoms in total. The molecular formula is C12H23N3. The summed E-state index contributed by atoms with van der Waals surface area (Å²) < 4.78 is 0. The van der Waals surface area contributed by atoms with Gasteiger partial charge in [0.05, 0.1) is 0 Å². The summed E-state index contributed by atoms with van der Waals surface area (Å²) in [7, 11) is 4.40. The van der Waals surface area contributed by atoms with E-state index in [0.717, 1.165) is 6.54 Å². The van der Waals surface area contributed by atoms with Crippen molar-refractivity contribution < 1.29 is 0 Å². The molecule has 0 aromatic carbocycles. The van der Waals surface area contributed by atoms with Crippen molar-refractivity contribution in [3.05, 3.63) is 12.2 Å². The van der Waals surface area contributed by atoms with Crippen LogP contribution < -0.4 is 0 Å². The predicted molar refractivity (Wildman–Crippen MR) is 64.1 cm³/mol. The van der Waals surface area contributed by atoms with E-state index in [4.69, 9.17) is 0 Å². The van der Waals surface area contributed by atoms with Crippen LogP contribution in [0.15, 0.2) is 12.2 Å². The van der Waals surface area contributed by atoms with E-state index in [2.05, 4.69) is 35.4 Å². The highest BCUT2D eigenvalue weighted by Gasteiger charge is 2.27. The standard InChI is InChI=1S/C12H23N3/c1-11-10-14(3)5-4-12(11)15-8-6-13(2)7-9-15/h12H,1,4-10H2,2-3H3. The third-order valence-electron chi connectivity index (χ3n) is 3.71. The molecule has 0 aromatic rings. The Labute approximate surface area is 93.3 Å². The quantitative estimate of drug-likeness (QED) is 0.582. The second-order valence-corrected chi connectivity index (χ2v) is 5.04. The molecule has 0 aliphatic carbocycles. The first kappa shape index (κ1) is 11.1. The van der Waals surface area contributed by atoms with Crippen molar-refractivity contribution in [2.75, 3.05) is 53.4 Å². The Balaban J connectivity index is 1.90. The molecule has 1 atom stereocenters. The van der Waals surface area contributed by atoms with Crippen molar-refractivity contribution in [3.8, 4) is 0 Å². The van der Waals surface area contributed by atoms with Crippen LogP contribution in [0.5, 0.6) is 0 Å². The number of likely N-dealkylation sites (N-methyl/N-ethyl adjacent to an activating group) is 2. The number of hydrogen-bond donors (Lipinski definition) is 0. The maximum atomic E-state index is 4.24. The van der Waals surface area contributed by atoms with E-state index in [1.54, 1.807) is 0 Å². The van der Waals surface area contributed by atoms with Crippen molar-refractivity contribution in [3.63, 3.8) is 0 Å². The van der Waals surface area contributed by atoms with Gasteiger partial charge >= 0.3 is 0 Å². The van der Waals surface area contributed by atoms with Gasteiger partial charge in [-0.2, -0.15) is 0 Å². The van der Waals surface area contributed by atoms with E-state index < -0.39 is 0 Å². The van der Waals surface area contributed by atoms with E-state index in [1.807, 2.05) is 0 Å². The third kappa shape index (κ3) is 2.60. The van der Waals surface area contributed by atoms with E-state index in [9.17, 15) is 0 Å². The van der Waals surface area contributed by atoms with Gasteiger partial charge in [-0.1, -0.05) is 6.58 Å². The van der Waals surface area contributed by atoms with Crippen molar-refractivity contribution in [1.82, 2.24) is 14.7 Å². The zero-order valence-corrected chi connectivity index (χ0v) is 10.1. The normalized spacial score (nSPS) is 32.1. The second-order valence-electron chi connectivity index (χ2n) is 5.04. The van der Waals surface area contributed by atoms with Crippen molar-refractivity contribution in [2.24, 2.45) is 0 Å². The summed E-state index contributed by atoms with van der Waals surface area (Å²) in [5.74, 6) is 0. The van der Waals surface area contributed by atoms with E-state index >= 15 is 0 Å². The molecule has 0 saturated carbocycles. The third-order valence-corrected chi connectivity index (χ3v) is 3.71. The van der Waals surface area contributed by atoms with Crippen molar-refractivity contribution in [2.45, 2.75) is 12.5 Å². The Morgan fingerprint density at radius 3 is 2.27 bits per heavy atom. The van der Waals surface area contributed by atoms with Gasteiger partial charge < -0.3 is 9.80 Å². The molecule has 1 unspecified atom stereocenters. The molecule has 2 aliphatic rings. The highest BCUT2D eigenvalue weighted by molar-refractivity contribution is 5.11. The number of rotatable bonds is 1. The van der Waals surface area contributed by atoms with E-state index in [1.165, 1.54) is 44.7 Å². The van der Waals surface area contributed by atoms with Gasteiger partial charge in [-0.15, -0.1) is 0 Å². The maximum absolute atomic E-state index is 4.24. The molecule has 2 fully saturated rings. The molecule has 0 bridgehead atoms. The number of piperidine rings is 1. The van der Waals surface area contributed by atoms with Crippen LogP contribution in [0, 0.1) is 0 Å². The molecule has 0 amide bonds. The molecule has 2 rings (SSSR count). The minimum atomic E-state index is 0.648. The van der Waals surface area contributed by atoms with Gasteiger partial charge in [0.2, 0.25) is 0 Å². The lowest BCUT2D eigenvalue weighted by Crippen LogP contribution is -2.52. The molecule has 0 spiro atoms. The van der Waals surface area contributed by atoms with E-state index in [0.29, 0.717) is 6.04 Å². The van der Waals surface area contributed by atoms with Gasteiger partial charge in [-0.3, -0.25) is 4.90 Å². The Bertz CT molecular complexity index is 231. The average molecular weight is 209 g/mol. The lowest BCUT2D eigenvalue weighted by molar-refractivity contribution is 0.102. The number of piperazine rings is 1. The molecule has 0 N–H and O–H groups in total.